The summed E-state index contributed by atoms with van der Waals surface area (Å²) in [7, 11) is 0.0270. The smallest absolute Gasteiger partial charge is 0.208 e. The predicted octanol–water partition coefficient (Wildman–Crippen LogP) is 0.781. The number of nitrogens with one attached hydrogen (secondary N) is 2. The van der Waals surface area contributed by atoms with Crippen LogP contribution in [0.5, 0.6) is 5.75 Å². The average molecular weight is 360 g/mol. The molecule has 1 aromatic carbocycles. The van der Waals surface area contributed by atoms with E-state index in [1.807, 2.05) is 18.9 Å². The third kappa shape index (κ3) is 7.14. The van der Waals surface area contributed by atoms with Crippen LogP contribution in [0.25, 0.3) is 0 Å². The molecule has 0 aliphatic heterocycles. The average Bonchev–Trinajstić information content (AvgIpc) is 2.49. The van der Waals surface area contributed by atoms with Crippen LogP contribution in [0.4, 0.5) is 4.39 Å². The van der Waals surface area contributed by atoms with Gasteiger partial charge in [-0.2, -0.15) is 0 Å². The van der Waals surface area contributed by atoms with E-state index in [2.05, 4.69) is 15.0 Å². The monoisotopic (exact) mass is 360 g/mol. The van der Waals surface area contributed by atoms with Gasteiger partial charge in [0.15, 0.2) is 17.5 Å². The van der Waals surface area contributed by atoms with Crippen LogP contribution in [0.15, 0.2) is 23.2 Å². The number of hydrogen-bond donors (Lipinski definition) is 2. The fourth-order valence-corrected chi connectivity index (χ4v) is 2.48. The van der Waals surface area contributed by atoms with E-state index >= 15 is 0 Å². The largest absolute Gasteiger partial charge is 0.494 e. The lowest BCUT2D eigenvalue weighted by molar-refractivity contribution is 0.385. The standard InChI is InChI=1S/C15H25FN4O3S/c1-5-17-15(18-8-9-19-24(4,21)22)20(2)11-12-6-7-14(23-3)13(16)10-12/h6-7,10,19H,5,8-9,11H2,1-4H3,(H,17,18). The molecule has 0 radical (unpaired) electrons. The van der Waals surface area contributed by atoms with Gasteiger partial charge in [-0.05, 0) is 24.6 Å². The molecule has 1 aromatic rings. The maximum absolute atomic E-state index is 13.8. The van der Waals surface area contributed by atoms with Crippen molar-refractivity contribution in [1.82, 2.24) is 14.9 Å². The Morgan fingerprint density at radius 2 is 2.12 bits per heavy atom. The van der Waals surface area contributed by atoms with Crippen molar-refractivity contribution in [2.24, 2.45) is 4.99 Å². The Kier molecular flexibility index (Phi) is 7.93. The molecule has 0 spiro atoms. The van der Waals surface area contributed by atoms with Crippen LogP contribution in [-0.4, -0.2) is 59.3 Å². The van der Waals surface area contributed by atoms with E-state index in [4.69, 9.17) is 4.74 Å². The van der Waals surface area contributed by atoms with E-state index < -0.39 is 15.8 Å². The second-order valence-corrected chi connectivity index (χ2v) is 7.06. The molecule has 0 heterocycles. The Morgan fingerprint density at radius 1 is 1.42 bits per heavy atom. The molecule has 0 atom stereocenters. The summed E-state index contributed by atoms with van der Waals surface area (Å²) in [5.41, 5.74) is 0.774. The SMILES string of the molecule is CCNC(=NCCNS(C)(=O)=O)N(C)Cc1ccc(OC)c(F)c1. The van der Waals surface area contributed by atoms with Gasteiger partial charge in [0.2, 0.25) is 10.0 Å². The Morgan fingerprint density at radius 3 is 2.67 bits per heavy atom. The molecule has 7 nitrogen and oxygen atoms in total. The Balaban J connectivity index is 2.71. The summed E-state index contributed by atoms with van der Waals surface area (Å²) < 4.78 is 43.1. The maximum atomic E-state index is 13.8. The van der Waals surface area contributed by atoms with Crippen LogP contribution in [0.1, 0.15) is 12.5 Å². The van der Waals surface area contributed by atoms with Crippen molar-refractivity contribution < 1.29 is 17.5 Å². The topological polar surface area (TPSA) is 83.0 Å². The lowest BCUT2D eigenvalue weighted by Gasteiger charge is -2.22. The molecule has 1 rings (SSSR count). The molecule has 0 amide bonds. The number of hydrogen-bond acceptors (Lipinski definition) is 4. The van der Waals surface area contributed by atoms with Crippen molar-refractivity contribution in [3.63, 3.8) is 0 Å². The van der Waals surface area contributed by atoms with Crippen molar-refractivity contribution in [2.45, 2.75) is 13.5 Å². The predicted molar refractivity (Wildman–Crippen MR) is 93.2 cm³/mol. The fourth-order valence-electron chi connectivity index (χ4n) is 2.02. The van der Waals surface area contributed by atoms with Gasteiger partial charge in [-0.3, -0.25) is 4.99 Å². The zero-order valence-corrected chi connectivity index (χ0v) is 15.3. The number of nitrogens with zero attached hydrogens (tertiary/aromatic N) is 2. The third-order valence-corrected chi connectivity index (χ3v) is 3.80. The Hall–Kier alpha value is -1.87. The second kappa shape index (κ2) is 9.43. The molecule has 0 aromatic heterocycles. The number of methoxy groups -OCH3 is 1. The highest BCUT2D eigenvalue weighted by Gasteiger charge is 2.09. The van der Waals surface area contributed by atoms with Gasteiger partial charge in [0.1, 0.15) is 0 Å². The molecule has 2 N–H and O–H groups in total. The number of ether oxygens (including phenoxy) is 1. The van der Waals surface area contributed by atoms with Crippen LogP contribution in [0.3, 0.4) is 0 Å². The maximum Gasteiger partial charge on any atom is 0.208 e. The van der Waals surface area contributed by atoms with Gasteiger partial charge < -0.3 is 15.0 Å². The van der Waals surface area contributed by atoms with Gasteiger partial charge in [-0.15, -0.1) is 0 Å². The van der Waals surface area contributed by atoms with Gasteiger partial charge in [0.05, 0.1) is 19.9 Å². The van der Waals surface area contributed by atoms with Crippen LogP contribution in [0.2, 0.25) is 0 Å². The third-order valence-electron chi connectivity index (χ3n) is 3.07. The first-order chi connectivity index (χ1) is 11.3. The van der Waals surface area contributed by atoms with Gasteiger partial charge in [-0.25, -0.2) is 17.5 Å². The summed E-state index contributed by atoms with van der Waals surface area (Å²) in [6.45, 7) is 3.58. The minimum absolute atomic E-state index is 0.203. The Bertz CT molecular complexity index is 665. The second-order valence-electron chi connectivity index (χ2n) is 5.23. The minimum Gasteiger partial charge on any atom is -0.494 e. The van der Waals surface area contributed by atoms with E-state index in [1.54, 1.807) is 12.1 Å². The molecule has 0 fully saturated rings. The summed E-state index contributed by atoms with van der Waals surface area (Å²) in [4.78, 5) is 6.19. The number of rotatable bonds is 8. The zero-order valence-electron chi connectivity index (χ0n) is 14.5. The summed E-state index contributed by atoms with van der Waals surface area (Å²) >= 11 is 0. The zero-order chi connectivity index (χ0) is 18.2. The molecule has 0 saturated heterocycles. The molecule has 0 aliphatic rings. The highest BCUT2D eigenvalue weighted by Crippen LogP contribution is 2.18. The van der Waals surface area contributed by atoms with E-state index in [9.17, 15) is 12.8 Å². The molecule has 0 aliphatic carbocycles. The lowest BCUT2D eigenvalue weighted by Crippen LogP contribution is -2.39. The minimum atomic E-state index is -3.22. The fraction of sp³-hybridized carbons (Fsp3) is 0.533. The highest BCUT2D eigenvalue weighted by atomic mass is 32.2. The lowest BCUT2D eigenvalue weighted by atomic mass is 10.2. The first-order valence-corrected chi connectivity index (χ1v) is 9.42. The van der Waals surface area contributed by atoms with E-state index in [1.165, 1.54) is 13.2 Å². The van der Waals surface area contributed by atoms with Crippen LogP contribution in [-0.2, 0) is 16.6 Å². The number of benzene rings is 1. The molecule has 0 bridgehead atoms. The van der Waals surface area contributed by atoms with Gasteiger partial charge >= 0.3 is 0 Å². The van der Waals surface area contributed by atoms with E-state index in [0.29, 0.717) is 25.6 Å². The summed E-state index contributed by atoms with van der Waals surface area (Å²) in [6.07, 6.45) is 1.10. The van der Waals surface area contributed by atoms with Crippen molar-refractivity contribution in [1.29, 1.82) is 0 Å². The molecule has 24 heavy (non-hydrogen) atoms. The van der Waals surface area contributed by atoms with Gasteiger partial charge in [0.25, 0.3) is 0 Å². The first kappa shape index (κ1) is 20.2. The summed E-state index contributed by atoms with van der Waals surface area (Å²) in [5.74, 6) is 0.403. The Labute approximate surface area is 143 Å². The van der Waals surface area contributed by atoms with Crippen LogP contribution >= 0.6 is 0 Å². The number of aliphatic imine (C=N–C) groups is 1. The van der Waals surface area contributed by atoms with Crippen LogP contribution in [0, 0.1) is 5.82 Å². The summed E-state index contributed by atoms with van der Waals surface area (Å²) in [6, 6.07) is 4.79. The quantitative estimate of drug-likeness (QED) is 0.407. The van der Waals surface area contributed by atoms with Crippen LogP contribution < -0.4 is 14.8 Å². The number of guanidine groups is 1. The molecular weight excluding hydrogens is 335 g/mol. The molecular formula is C15H25FN4O3S. The van der Waals surface area contributed by atoms with Crippen molar-refractivity contribution in [2.75, 3.05) is 40.0 Å². The normalized spacial score (nSPS) is 12.1. The van der Waals surface area contributed by atoms with E-state index in [0.717, 1.165) is 11.8 Å². The first-order valence-electron chi connectivity index (χ1n) is 7.53. The molecule has 136 valence electrons. The molecule has 0 saturated carbocycles. The van der Waals surface area contributed by atoms with E-state index in [-0.39, 0.29) is 12.3 Å². The van der Waals surface area contributed by atoms with Crippen molar-refractivity contribution in [3.05, 3.63) is 29.6 Å². The van der Waals surface area contributed by atoms with Crippen molar-refractivity contribution >= 4 is 16.0 Å². The number of sulfonamides is 1. The molecule has 0 unspecified atom stereocenters. The van der Waals surface area contributed by atoms with Gasteiger partial charge in [0, 0.05) is 26.7 Å². The summed E-state index contributed by atoms with van der Waals surface area (Å²) in [5, 5.41) is 3.12. The van der Waals surface area contributed by atoms with Crippen molar-refractivity contribution in [3.8, 4) is 5.75 Å². The number of halogens is 1. The highest BCUT2D eigenvalue weighted by molar-refractivity contribution is 7.88. The van der Waals surface area contributed by atoms with Gasteiger partial charge in [-0.1, -0.05) is 6.07 Å². The molecule has 9 heteroatoms.